The number of alkyl halides is 1. The van der Waals surface area contributed by atoms with Crippen LogP contribution in [0.1, 0.15) is 12.8 Å². The molecule has 12 heavy (non-hydrogen) atoms. The molecule has 4 heteroatoms. The Morgan fingerprint density at radius 1 is 1.67 bits per heavy atom. The Bertz CT molecular complexity index is 159. The lowest BCUT2D eigenvalue weighted by molar-refractivity contribution is -0.142. The fraction of sp³-hybridized carbons (Fsp3) is 0.625. The lowest BCUT2D eigenvalue weighted by atomic mass is 10.2. The molecule has 0 aromatic rings. The van der Waals surface area contributed by atoms with Crippen LogP contribution in [-0.4, -0.2) is 24.5 Å². The largest absolute Gasteiger partial charge is 0.468 e. The van der Waals surface area contributed by atoms with Crippen LogP contribution in [-0.2, 0) is 9.53 Å². The average molecular weight is 236 g/mol. The summed E-state index contributed by atoms with van der Waals surface area (Å²) in [5, 5.41) is 0.928. The number of carbonyl (C=O) groups excluding carboxylic acids is 1. The molecule has 1 unspecified atom stereocenters. The number of nitrogens with two attached hydrogens (primary N) is 1. The van der Waals surface area contributed by atoms with Crippen molar-refractivity contribution in [3.05, 3.63) is 12.2 Å². The van der Waals surface area contributed by atoms with Gasteiger partial charge in [-0.05, 0) is 12.8 Å². The minimum atomic E-state index is -0.526. The van der Waals surface area contributed by atoms with Gasteiger partial charge in [-0.15, -0.1) is 0 Å². The van der Waals surface area contributed by atoms with Crippen molar-refractivity contribution >= 4 is 21.9 Å². The molecule has 0 saturated carbocycles. The van der Waals surface area contributed by atoms with Crippen molar-refractivity contribution in [2.75, 3.05) is 12.4 Å². The van der Waals surface area contributed by atoms with Gasteiger partial charge in [0, 0.05) is 5.33 Å². The fourth-order valence-corrected chi connectivity index (χ4v) is 0.936. The van der Waals surface area contributed by atoms with Gasteiger partial charge >= 0.3 is 5.97 Å². The van der Waals surface area contributed by atoms with E-state index in [0.717, 1.165) is 11.8 Å². The summed E-state index contributed by atoms with van der Waals surface area (Å²) in [4.78, 5) is 10.8. The highest BCUT2D eigenvalue weighted by molar-refractivity contribution is 9.09. The van der Waals surface area contributed by atoms with E-state index in [1.54, 1.807) is 0 Å². The van der Waals surface area contributed by atoms with Gasteiger partial charge in [0.05, 0.1) is 7.11 Å². The summed E-state index contributed by atoms with van der Waals surface area (Å²) in [5.74, 6) is -0.363. The van der Waals surface area contributed by atoms with E-state index < -0.39 is 6.04 Å². The van der Waals surface area contributed by atoms with Crippen LogP contribution in [0, 0.1) is 0 Å². The number of halogens is 1. The lowest BCUT2D eigenvalue weighted by Gasteiger charge is -2.04. The predicted molar refractivity (Wildman–Crippen MR) is 52.2 cm³/mol. The molecule has 3 nitrogen and oxygen atoms in total. The minimum Gasteiger partial charge on any atom is -0.468 e. The molecule has 0 heterocycles. The fourth-order valence-electron chi connectivity index (χ4n) is 0.671. The Hall–Kier alpha value is -0.350. The van der Waals surface area contributed by atoms with Gasteiger partial charge < -0.3 is 10.5 Å². The smallest absolute Gasteiger partial charge is 0.322 e. The van der Waals surface area contributed by atoms with Gasteiger partial charge in [0.25, 0.3) is 0 Å². The van der Waals surface area contributed by atoms with Crippen molar-refractivity contribution in [1.29, 1.82) is 0 Å². The lowest BCUT2D eigenvalue weighted by Crippen LogP contribution is -2.30. The maximum absolute atomic E-state index is 10.8. The minimum absolute atomic E-state index is 0.363. The first-order valence-corrected chi connectivity index (χ1v) is 4.89. The Morgan fingerprint density at radius 2 is 2.33 bits per heavy atom. The van der Waals surface area contributed by atoms with Crippen molar-refractivity contribution in [2.24, 2.45) is 5.73 Å². The summed E-state index contributed by atoms with van der Waals surface area (Å²) < 4.78 is 4.46. The first kappa shape index (κ1) is 11.6. The van der Waals surface area contributed by atoms with Gasteiger partial charge in [-0.2, -0.15) is 0 Å². The normalized spacial score (nSPS) is 13.2. The number of carbonyl (C=O) groups is 1. The molecule has 0 spiro atoms. The van der Waals surface area contributed by atoms with Gasteiger partial charge in [0.1, 0.15) is 6.04 Å². The van der Waals surface area contributed by atoms with Gasteiger partial charge in [-0.1, -0.05) is 28.1 Å². The topological polar surface area (TPSA) is 52.3 Å². The van der Waals surface area contributed by atoms with Crippen molar-refractivity contribution in [3.8, 4) is 0 Å². The van der Waals surface area contributed by atoms with E-state index in [2.05, 4.69) is 20.7 Å². The molecule has 0 aliphatic heterocycles. The number of allylic oxidation sites excluding steroid dienone is 1. The van der Waals surface area contributed by atoms with Crippen LogP contribution in [0.4, 0.5) is 0 Å². The molecule has 0 aliphatic rings. The number of ether oxygens (including phenoxy) is 1. The Balaban J connectivity index is 3.55. The van der Waals surface area contributed by atoms with Crippen molar-refractivity contribution in [3.63, 3.8) is 0 Å². The molecular weight excluding hydrogens is 222 g/mol. The van der Waals surface area contributed by atoms with E-state index >= 15 is 0 Å². The Morgan fingerprint density at radius 3 is 2.83 bits per heavy atom. The number of esters is 1. The van der Waals surface area contributed by atoms with Crippen LogP contribution in [0.2, 0.25) is 0 Å². The van der Waals surface area contributed by atoms with E-state index in [1.165, 1.54) is 7.11 Å². The van der Waals surface area contributed by atoms with Gasteiger partial charge in [-0.3, -0.25) is 4.79 Å². The Kier molecular flexibility index (Phi) is 7.09. The first-order chi connectivity index (χ1) is 5.72. The monoisotopic (exact) mass is 235 g/mol. The highest BCUT2D eigenvalue weighted by Gasteiger charge is 2.10. The standard InChI is InChI=1S/C8H14BrNO2/c1-12-8(11)7(10)5-3-2-4-6-9/h2-3,7H,4-6,10H2,1H3/b3-2-. The molecule has 0 bridgehead atoms. The van der Waals surface area contributed by atoms with Crippen molar-refractivity contribution < 1.29 is 9.53 Å². The summed E-state index contributed by atoms with van der Waals surface area (Å²) in [5.41, 5.74) is 5.47. The van der Waals surface area contributed by atoms with E-state index in [-0.39, 0.29) is 5.97 Å². The van der Waals surface area contributed by atoms with Crippen LogP contribution in [0.3, 0.4) is 0 Å². The number of hydrogen-bond donors (Lipinski definition) is 1. The van der Waals surface area contributed by atoms with Crippen molar-refractivity contribution in [1.82, 2.24) is 0 Å². The third-order valence-electron chi connectivity index (χ3n) is 1.34. The zero-order valence-electron chi connectivity index (χ0n) is 7.13. The summed E-state index contributed by atoms with van der Waals surface area (Å²) >= 11 is 3.29. The Labute approximate surface area is 81.1 Å². The number of methoxy groups -OCH3 is 1. The second-order valence-electron chi connectivity index (χ2n) is 2.31. The molecule has 70 valence electrons. The third kappa shape index (κ3) is 5.32. The van der Waals surface area contributed by atoms with Crippen LogP contribution >= 0.6 is 15.9 Å². The van der Waals surface area contributed by atoms with E-state index in [0.29, 0.717) is 6.42 Å². The highest BCUT2D eigenvalue weighted by atomic mass is 79.9. The second-order valence-corrected chi connectivity index (χ2v) is 3.11. The summed E-state index contributed by atoms with van der Waals surface area (Å²) in [7, 11) is 1.34. The quantitative estimate of drug-likeness (QED) is 0.443. The average Bonchev–Trinajstić information content (AvgIpc) is 2.10. The maximum atomic E-state index is 10.8. The second kappa shape index (κ2) is 7.31. The number of hydrogen-bond acceptors (Lipinski definition) is 3. The molecule has 0 amide bonds. The molecule has 1 atom stereocenters. The van der Waals surface area contributed by atoms with Gasteiger partial charge in [0.2, 0.25) is 0 Å². The van der Waals surface area contributed by atoms with E-state index in [9.17, 15) is 4.79 Å². The van der Waals surface area contributed by atoms with E-state index in [1.807, 2.05) is 12.2 Å². The SMILES string of the molecule is COC(=O)C(N)C/C=C\CCBr. The molecule has 0 aromatic carbocycles. The predicted octanol–water partition coefficient (Wildman–Crippen LogP) is 1.22. The summed E-state index contributed by atoms with van der Waals surface area (Å²) in [6, 6.07) is -0.526. The highest BCUT2D eigenvalue weighted by Crippen LogP contribution is 1.95. The number of rotatable bonds is 5. The molecule has 0 radical (unpaired) electrons. The van der Waals surface area contributed by atoms with Crippen LogP contribution in [0.5, 0.6) is 0 Å². The molecule has 0 fully saturated rings. The van der Waals surface area contributed by atoms with Gasteiger partial charge in [0.15, 0.2) is 0 Å². The first-order valence-electron chi connectivity index (χ1n) is 3.76. The summed E-state index contributed by atoms with van der Waals surface area (Å²) in [6.45, 7) is 0. The van der Waals surface area contributed by atoms with Crippen LogP contribution < -0.4 is 5.73 Å². The molecule has 0 saturated heterocycles. The molecule has 0 aliphatic carbocycles. The molecule has 2 N–H and O–H groups in total. The third-order valence-corrected chi connectivity index (χ3v) is 1.79. The zero-order chi connectivity index (χ0) is 9.40. The summed E-state index contributed by atoms with van der Waals surface area (Å²) in [6.07, 6.45) is 5.37. The zero-order valence-corrected chi connectivity index (χ0v) is 8.71. The van der Waals surface area contributed by atoms with Crippen LogP contribution in [0.15, 0.2) is 12.2 Å². The van der Waals surface area contributed by atoms with E-state index in [4.69, 9.17) is 5.73 Å². The van der Waals surface area contributed by atoms with Crippen LogP contribution in [0.25, 0.3) is 0 Å². The van der Waals surface area contributed by atoms with Crippen molar-refractivity contribution in [2.45, 2.75) is 18.9 Å². The maximum Gasteiger partial charge on any atom is 0.322 e. The molecule has 0 rings (SSSR count). The molecular formula is C8H14BrNO2. The molecule has 0 aromatic heterocycles. The van der Waals surface area contributed by atoms with Gasteiger partial charge in [-0.25, -0.2) is 0 Å².